The Bertz CT molecular complexity index is 881. The number of piperidine rings is 3. The van der Waals surface area contributed by atoms with Crippen LogP contribution in [0.2, 0.25) is 0 Å². The van der Waals surface area contributed by atoms with Crippen LogP contribution in [-0.2, 0) is 7.05 Å². The smallest absolute Gasteiger partial charge is 0.270 e. The third kappa shape index (κ3) is 3.12. The molecule has 0 aliphatic carbocycles. The first-order chi connectivity index (χ1) is 13.0. The summed E-state index contributed by atoms with van der Waals surface area (Å²) in [6.07, 6.45) is 2.28. The van der Waals surface area contributed by atoms with E-state index < -0.39 is 4.92 Å². The molecule has 142 valence electrons. The van der Waals surface area contributed by atoms with Crippen molar-refractivity contribution in [2.45, 2.75) is 31.8 Å². The summed E-state index contributed by atoms with van der Waals surface area (Å²) in [5, 5.41) is 14.3. The van der Waals surface area contributed by atoms with Crippen molar-refractivity contribution < 1.29 is 9.72 Å². The van der Waals surface area contributed by atoms with E-state index in [9.17, 15) is 14.9 Å². The van der Waals surface area contributed by atoms with E-state index in [4.69, 9.17) is 0 Å². The standard InChI is InChI=1S/C20H24N4O3/c1-13-19(14-8-10-23(13)11-9-14)21-20(25)18-7-6-17(22(18)2)15-4-3-5-16(12-15)24(26)27/h3-7,12-14,19H,8-11H2,1-2H3,(H,21,25). The Hall–Kier alpha value is -2.67. The molecular weight excluding hydrogens is 344 g/mol. The molecule has 2 bridgehead atoms. The molecule has 1 amide bonds. The quantitative estimate of drug-likeness (QED) is 0.665. The second kappa shape index (κ2) is 6.81. The summed E-state index contributed by atoms with van der Waals surface area (Å²) in [6, 6.07) is 10.6. The molecule has 2 unspecified atom stereocenters. The van der Waals surface area contributed by atoms with Crippen molar-refractivity contribution in [1.82, 2.24) is 14.8 Å². The van der Waals surface area contributed by atoms with Gasteiger partial charge in [0, 0.05) is 42.5 Å². The number of fused-ring (bicyclic) bond motifs is 3. The first kappa shape index (κ1) is 17.7. The van der Waals surface area contributed by atoms with Crippen LogP contribution >= 0.6 is 0 Å². The van der Waals surface area contributed by atoms with Gasteiger partial charge in [0.25, 0.3) is 11.6 Å². The summed E-state index contributed by atoms with van der Waals surface area (Å²) in [5.74, 6) is 0.463. The Labute approximate surface area is 158 Å². The summed E-state index contributed by atoms with van der Waals surface area (Å²) in [7, 11) is 1.82. The van der Waals surface area contributed by atoms with Gasteiger partial charge in [-0.1, -0.05) is 12.1 Å². The molecule has 5 rings (SSSR count). The highest BCUT2D eigenvalue weighted by atomic mass is 16.6. The van der Waals surface area contributed by atoms with Gasteiger partial charge in [-0.25, -0.2) is 0 Å². The number of nitro groups is 1. The number of nitrogens with zero attached hydrogens (tertiary/aromatic N) is 3. The molecule has 1 aromatic heterocycles. The number of benzene rings is 1. The van der Waals surface area contributed by atoms with Gasteiger partial charge in [-0.2, -0.15) is 0 Å². The van der Waals surface area contributed by atoms with E-state index in [-0.39, 0.29) is 17.6 Å². The normalized spacial score (nSPS) is 26.7. The fourth-order valence-electron chi connectivity index (χ4n) is 4.58. The van der Waals surface area contributed by atoms with Crippen molar-refractivity contribution in [3.63, 3.8) is 0 Å². The van der Waals surface area contributed by atoms with Crippen molar-refractivity contribution >= 4 is 11.6 Å². The molecule has 4 heterocycles. The number of amides is 1. The molecule has 0 spiro atoms. The zero-order valence-corrected chi connectivity index (χ0v) is 15.6. The predicted molar refractivity (Wildman–Crippen MR) is 103 cm³/mol. The first-order valence-electron chi connectivity index (χ1n) is 9.41. The molecule has 0 radical (unpaired) electrons. The monoisotopic (exact) mass is 368 g/mol. The number of nitro benzene ring substituents is 1. The highest BCUT2D eigenvalue weighted by Gasteiger charge is 2.40. The zero-order valence-electron chi connectivity index (χ0n) is 15.6. The number of rotatable bonds is 4. The molecule has 7 heteroatoms. The second-order valence-electron chi connectivity index (χ2n) is 7.58. The minimum Gasteiger partial charge on any atom is -0.346 e. The lowest BCUT2D eigenvalue weighted by atomic mass is 9.79. The topological polar surface area (TPSA) is 80.4 Å². The lowest BCUT2D eigenvalue weighted by Crippen LogP contribution is -2.62. The second-order valence-corrected chi connectivity index (χ2v) is 7.58. The Morgan fingerprint density at radius 2 is 1.96 bits per heavy atom. The lowest BCUT2D eigenvalue weighted by molar-refractivity contribution is -0.384. The number of nitrogens with one attached hydrogen (secondary N) is 1. The fraction of sp³-hybridized carbons (Fsp3) is 0.450. The maximum absolute atomic E-state index is 12.9. The van der Waals surface area contributed by atoms with Gasteiger partial charge in [-0.15, -0.1) is 0 Å². The Morgan fingerprint density at radius 3 is 2.63 bits per heavy atom. The molecule has 2 aromatic rings. The summed E-state index contributed by atoms with van der Waals surface area (Å²) >= 11 is 0. The maximum Gasteiger partial charge on any atom is 0.270 e. The van der Waals surface area contributed by atoms with E-state index in [0.29, 0.717) is 17.7 Å². The number of carbonyl (C=O) groups is 1. The number of hydrogen-bond acceptors (Lipinski definition) is 4. The van der Waals surface area contributed by atoms with Crippen LogP contribution in [0.4, 0.5) is 5.69 Å². The van der Waals surface area contributed by atoms with Crippen LogP contribution in [0.5, 0.6) is 0 Å². The zero-order chi connectivity index (χ0) is 19.1. The van der Waals surface area contributed by atoms with Gasteiger partial charge in [-0.05, 0) is 50.9 Å². The van der Waals surface area contributed by atoms with Crippen LogP contribution in [0.3, 0.4) is 0 Å². The summed E-state index contributed by atoms with van der Waals surface area (Å²) in [5.41, 5.74) is 2.12. The van der Waals surface area contributed by atoms with Crippen LogP contribution in [0, 0.1) is 16.0 Å². The number of hydrogen-bond donors (Lipinski definition) is 1. The van der Waals surface area contributed by atoms with E-state index in [0.717, 1.165) is 37.2 Å². The van der Waals surface area contributed by atoms with E-state index >= 15 is 0 Å². The van der Waals surface area contributed by atoms with Crippen LogP contribution in [0.25, 0.3) is 11.3 Å². The van der Waals surface area contributed by atoms with E-state index in [1.807, 2.05) is 19.2 Å². The third-order valence-electron chi connectivity index (χ3n) is 6.18. The summed E-state index contributed by atoms with van der Waals surface area (Å²) < 4.78 is 1.81. The van der Waals surface area contributed by atoms with Gasteiger partial charge >= 0.3 is 0 Å². The molecule has 3 aliphatic rings. The van der Waals surface area contributed by atoms with E-state index in [1.165, 1.54) is 12.1 Å². The molecule has 3 aliphatic heterocycles. The van der Waals surface area contributed by atoms with Gasteiger partial charge in [0.2, 0.25) is 0 Å². The summed E-state index contributed by atoms with van der Waals surface area (Å²) in [4.78, 5) is 26.0. The van der Waals surface area contributed by atoms with Crippen LogP contribution in [0.15, 0.2) is 36.4 Å². The van der Waals surface area contributed by atoms with Crippen molar-refractivity contribution in [3.8, 4) is 11.3 Å². The fourth-order valence-corrected chi connectivity index (χ4v) is 4.58. The molecular formula is C20H24N4O3. The highest BCUT2D eigenvalue weighted by Crippen LogP contribution is 2.32. The Balaban J connectivity index is 1.56. The lowest BCUT2D eigenvalue weighted by Gasteiger charge is -2.49. The van der Waals surface area contributed by atoms with Gasteiger partial charge in [-0.3, -0.25) is 19.8 Å². The molecule has 7 nitrogen and oxygen atoms in total. The van der Waals surface area contributed by atoms with Crippen LogP contribution < -0.4 is 5.32 Å². The molecule has 0 saturated carbocycles. The van der Waals surface area contributed by atoms with E-state index in [2.05, 4.69) is 17.1 Å². The van der Waals surface area contributed by atoms with Gasteiger partial charge in [0.1, 0.15) is 5.69 Å². The van der Waals surface area contributed by atoms with Gasteiger partial charge < -0.3 is 9.88 Å². The molecule has 2 atom stereocenters. The predicted octanol–water partition coefficient (Wildman–Crippen LogP) is 2.81. The third-order valence-corrected chi connectivity index (χ3v) is 6.18. The van der Waals surface area contributed by atoms with Crippen LogP contribution in [-0.4, -0.2) is 45.5 Å². The first-order valence-corrected chi connectivity index (χ1v) is 9.41. The Morgan fingerprint density at radius 1 is 1.22 bits per heavy atom. The molecule has 27 heavy (non-hydrogen) atoms. The summed E-state index contributed by atoms with van der Waals surface area (Å²) in [6.45, 7) is 4.44. The van der Waals surface area contributed by atoms with E-state index in [1.54, 1.807) is 16.7 Å². The average Bonchev–Trinajstić information content (AvgIpc) is 3.06. The number of carbonyl (C=O) groups excluding carboxylic acids is 1. The van der Waals surface area contributed by atoms with Crippen LogP contribution in [0.1, 0.15) is 30.3 Å². The van der Waals surface area contributed by atoms with Crippen molar-refractivity contribution in [1.29, 1.82) is 0 Å². The minimum absolute atomic E-state index is 0.0424. The minimum atomic E-state index is -0.408. The SMILES string of the molecule is CC1C(NC(=O)c2ccc(-c3cccc([N+](=O)[O-])c3)n2C)C2CCN1CC2. The largest absolute Gasteiger partial charge is 0.346 e. The molecule has 3 saturated heterocycles. The number of aromatic nitrogens is 1. The van der Waals surface area contributed by atoms with Crippen molar-refractivity contribution in [2.24, 2.45) is 13.0 Å². The maximum atomic E-state index is 12.9. The van der Waals surface area contributed by atoms with Gasteiger partial charge in [0.05, 0.1) is 4.92 Å². The average molecular weight is 368 g/mol. The Kier molecular flexibility index (Phi) is 4.47. The van der Waals surface area contributed by atoms with Crippen molar-refractivity contribution in [3.05, 3.63) is 52.2 Å². The highest BCUT2D eigenvalue weighted by molar-refractivity contribution is 5.94. The molecule has 3 fully saturated rings. The number of non-ortho nitro benzene ring substituents is 1. The van der Waals surface area contributed by atoms with Crippen molar-refractivity contribution in [2.75, 3.05) is 13.1 Å². The molecule has 1 aromatic carbocycles. The van der Waals surface area contributed by atoms with Gasteiger partial charge in [0.15, 0.2) is 0 Å². The molecule has 1 N–H and O–H groups in total.